The van der Waals surface area contributed by atoms with Gasteiger partial charge in [-0.05, 0) is 32.6 Å². The number of carbonyl (C=O) groups is 1. The summed E-state index contributed by atoms with van der Waals surface area (Å²) in [5.41, 5.74) is 0. The fourth-order valence-electron chi connectivity index (χ4n) is 2.23. The van der Waals surface area contributed by atoms with Crippen LogP contribution >= 0.6 is 0 Å². The van der Waals surface area contributed by atoms with Crippen LogP contribution in [0.3, 0.4) is 0 Å². The number of carbonyl (C=O) groups excluding carboxylic acids is 1. The smallest absolute Gasteiger partial charge is 0.225 e. The molecule has 0 spiro atoms. The Morgan fingerprint density at radius 1 is 1.50 bits per heavy atom. The van der Waals surface area contributed by atoms with E-state index in [1.165, 1.54) is 6.42 Å². The van der Waals surface area contributed by atoms with Gasteiger partial charge >= 0.3 is 0 Å². The zero-order valence-electron chi connectivity index (χ0n) is 10.2. The molecule has 1 aliphatic heterocycles. The molecular weight excluding hydrogens is 206 g/mol. The fraction of sp³-hybridized carbons (Fsp3) is 0.917. The highest BCUT2D eigenvalue weighted by Crippen LogP contribution is 2.20. The van der Waals surface area contributed by atoms with Gasteiger partial charge in [0.25, 0.3) is 0 Å². The molecular formula is C12H23NO3. The predicted octanol–water partition coefficient (Wildman–Crippen LogP) is 1.18. The van der Waals surface area contributed by atoms with Gasteiger partial charge in [0.15, 0.2) is 0 Å². The van der Waals surface area contributed by atoms with Gasteiger partial charge in [0.2, 0.25) is 5.91 Å². The van der Waals surface area contributed by atoms with Crippen LogP contribution in [0.2, 0.25) is 0 Å². The molecule has 4 nitrogen and oxygen atoms in total. The van der Waals surface area contributed by atoms with E-state index in [-0.39, 0.29) is 18.6 Å². The standard InChI is InChI=1S/C12H23NO3/c1-2-16-10-7-12(15)13-8-4-3-5-11(13)6-9-14/h11,14H,2-10H2,1H3. The van der Waals surface area contributed by atoms with E-state index in [4.69, 9.17) is 9.84 Å². The molecule has 4 heteroatoms. The average Bonchev–Trinajstić information content (AvgIpc) is 2.30. The molecule has 0 aromatic carbocycles. The predicted molar refractivity (Wildman–Crippen MR) is 62.2 cm³/mol. The Hall–Kier alpha value is -0.610. The highest BCUT2D eigenvalue weighted by atomic mass is 16.5. The van der Waals surface area contributed by atoms with Gasteiger partial charge in [-0.3, -0.25) is 4.79 Å². The van der Waals surface area contributed by atoms with Gasteiger partial charge < -0.3 is 14.7 Å². The lowest BCUT2D eigenvalue weighted by atomic mass is 9.99. The number of piperidine rings is 1. The first kappa shape index (κ1) is 13.5. The molecule has 1 N–H and O–H groups in total. The summed E-state index contributed by atoms with van der Waals surface area (Å²) < 4.78 is 5.19. The van der Waals surface area contributed by atoms with Gasteiger partial charge in [-0.1, -0.05) is 0 Å². The topological polar surface area (TPSA) is 49.8 Å². The summed E-state index contributed by atoms with van der Waals surface area (Å²) >= 11 is 0. The van der Waals surface area contributed by atoms with Crippen molar-refractivity contribution in [3.8, 4) is 0 Å². The Bertz CT molecular complexity index is 206. The molecule has 1 aliphatic rings. The molecule has 1 fully saturated rings. The van der Waals surface area contributed by atoms with Crippen molar-refractivity contribution in [1.82, 2.24) is 4.90 Å². The summed E-state index contributed by atoms with van der Waals surface area (Å²) in [6, 6.07) is 0.243. The summed E-state index contributed by atoms with van der Waals surface area (Å²) in [4.78, 5) is 13.9. The largest absolute Gasteiger partial charge is 0.396 e. The molecule has 1 heterocycles. The zero-order chi connectivity index (χ0) is 11.8. The van der Waals surface area contributed by atoms with E-state index in [2.05, 4.69) is 0 Å². The lowest BCUT2D eigenvalue weighted by Gasteiger charge is -2.35. The van der Waals surface area contributed by atoms with Crippen molar-refractivity contribution in [3.63, 3.8) is 0 Å². The first-order valence-electron chi connectivity index (χ1n) is 6.27. The quantitative estimate of drug-likeness (QED) is 0.696. The number of likely N-dealkylation sites (tertiary alicyclic amines) is 1. The van der Waals surface area contributed by atoms with Crippen molar-refractivity contribution in [2.24, 2.45) is 0 Å². The van der Waals surface area contributed by atoms with Gasteiger partial charge in [-0.15, -0.1) is 0 Å². The molecule has 1 saturated heterocycles. The molecule has 1 rings (SSSR count). The maximum Gasteiger partial charge on any atom is 0.225 e. The maximum atomic E-state index is 11.9. The molecule has 1 unspecified atom stereocenters. The number of rotatable bonds is 6. The molecule has 16 heavy (non-hydrogen) atoms. The Balaban J connectivity index is 2.37. The SMILES string of the molecule is CCOCCC(=O)N1CCCCC1CCO. The van der Waals surface area contributed by atoms with E-state index in [0.717, 1.165) is 19.4 Å². The van der Waals surface area contributed by atoms with Gasteiger partial charge in [-0.25, -0.2) is 0 Å². The minimum Gasteiger partial charge on any atom is -0.396 e. The molecule has 1 atom stereocenters. The fourth-order valence-corrected chi connectivity index (χ4v) is 2.23. The highest BCUT2D eigenvalue weighted by Gasteiger charge is 2.25. The monoisotopic (exact) mass is 229 g/mol. The van der Waals surface area contributed by atoms with Gasteiger partial charge in [0.05, 0.1) is 13.0 Å². The van der Waals surface area contributed by atoms with E-state index in [1.54, 1.807) is 0 Å². The van der Waals surface area contributed by atoms with Gasteiger partial charge in [0, 0.05) is 25.8 Å². The lowest BCUT2D eigenvalue weighted by molar-refractivity contribution is -0.136. The number of aliphatic hydroxyl groups is 1. The lowest BCUT2D eigenvalue weighted by Crippen LogP contribution is -2.44. The van der Waals surface area contributed by atoms with Crippen LogP contribution in [0.15, 0.2) is 0 Å². The van der Waals surface area contributed by atoms with E-state index in [9.17, 15) is 4.79 Å². The molecule has 94 valence electrons. The Morgan fingerprint density at radius 3 is 3.00 bits per heavy atom. The number of hydrogen-bond acceptors (Lipinski definition) is 3. The number of ether oxygens (including phenoxy) is 1. The summed E-state index contributed by atoms with van der Waals surface area (Å²) in [5, 5.41) is 8.97. The van der Waals surface area contributed by atoms with Crippen LogP contribution in [0.5, 0.6) is 0 Å². The molecule has 0 aliphatic carbocycles. The van der Waals surface area contributed by atoms with Crippen LogP contribution in [-0.2, 0) is 9.53 Å². The Kier molecular flexibility index (Phi) is 6.42. The van der Waals surface area contributed by atoms with Crippen molar-refractivity contribution < 1.29 is 14.6 Å². The molecule has 1 amide bonds. The van der Waals surface area contributed by atoms with Crippen molar-refractivity contribution in [2.75, 3.05) is 26.4 Å². The average molecular weight is 229 g/mol. The Labute approximate surface area is 97.6 Å². The normalized spacial score (nSPS) is 21.1. The van der Waals surface area contributed by atoms with Gasteiger partial charge in [-0.2, -0.15) is 0 Å². The third kappa shape index (κ3) is 4.10. The van der Waals surface area contributed by atoms with Crippen LogP contribution < -0.4 is 0 Å². The highest BCUT2D eigenvalue weighted by molar-refractivity contribution is 5.76. The molecule has 0 radical (unpaired) electrons. The van der Waals surface area contributed by atoms with E-state index < -0.39 is 0 Å². The third-order valence-electron chi connectivity index (χ3n) is 3.07. The molecule has 0 saturated carbocycles. The minimum atomic E-state index is 0.167. The number of aliphatic hydroxyl groups excluding tert-OH is 1. The van der Waals surface area contributed by atoms with Crippen LogP contribution in [0.4, 0.5) is 0 Å². The van der Waals surface area contributed by atoms with Crippen LogP contribution in [0.25, 0.3) is 0 Å². The van der Waals surface area contributed by atoms with Gasteiger partial charge in [0.1, 0.15) is 0 Å². The van der Waals surface area contributed by atoms with Crippen LogP contribution in [0, 0.1) is 0 Å². The number of amides is 1. The molecule has 0 aromatic rings. The maximum absolute atomic E-state index is 11.9. The number of nitrogens with zero attached hydrogens (tertiary/aromatic N) is 1. The first-order chi connectivity index (χ1) is 7.79. The molecule has 0 bridgehead atoms. The van der Waals surface area contributed by atoms with E-state index >= 15 is 0 Å². The van der Waals surface area contributed by atoms with Crippen molar-refractivity contribution in [3.05, 3.63) is 0 Å². The Morgan fingerprint density at radius 2 is 2.31 bits per heavy atom. The summed E-state index contributed by atoms with van der Waals surface area (Å²) in [6.45, 7) is 4.11. The summed E-state index contributed by atoms with van der Waals surface area (Å²) in [7, 11) is 0. The second-order valence-corrected chi connectivity index (χ2v) is 4.20. The van der Waals surface area contributed by atoms with Crippen molar-refractivity contribution >= 4 is 5.91 Å². The van der Waals surface area contributed by atoms with Crippen LogP contribution in [0.1, 0.15) is 39.0 Å². The number of hydrogen-bond donors (Lipinski definition) is 1. The minimum absolute atomic E-state index is 0.167. The van der Waals surface area contributed by atoms with E-state index in [0.29, 0.717) is 26.1 Å². The summed E-state index contributed by atoms with van der Waals surface area (Å²) in [6.07, 6.45) is 4.46. The van der Waals surface area contributed by atoms with Crippen LogP contribution in [-0.4, -0.2) is 48.3 Å². The second kappa shape index (κ2) is 7.63. The third-order valence-corrected chi connectivity index (χ3v) is 3.07. The van der Waals surface area contributed by atoms with Crippen molar-refractivity contribution in [2.45, 2.75) is 45.1 Å². The second-order valence-electron chi connectivity index (χ2n) is 4.20. The zero-order valence-corrected chi connectivity index (χ0v) is 10.2. The van der Waals surface area contributed by atoms with E-state index in [1.807, 2.05) is 11.8 Å². The summed E-state index contributed by atoms with van der Waals surface area (Å²) in [5.74, 6) is 0.173. The molecule has 0 aromatic heterocycles. The first-order valence-corrected chi connectivity index (χ1v) is 6.27. The van der Waals surface area contributed by atoms with Crippen molar-refractivity contribution in [1.29, 1.82) is 0 Å².